The predicted molar refractivity (Wildman–Crippen MR) is 41.9 cm³/mol. The summed E-state index contributed by atoms with van der Waals surface area (Å²) < 4.78 is 28.4. The first-order valence-corrected chi connectivity index (χ1v) is 4.52. The molecule has 0 saturated carbocycles. The Morgan fingerprint density at radius 1 is 1.07 bits per heavy atom. The molecule has 1 aliphatic rings. The third-order valence-electron chi connectivity index (χ3n) is 1.51. The maximum Gasteiger partial charge on any atom is 0.340 e. The molecule has 8 heteroatoms. The van der Waals surface area contributed by atoms with Gasteiger partial charge in [0.15, 0.2) is 0 Å². The average molecular weight is 224 g/mol. The van der Waals surface area contributed by atoms with Gasteiger partial charge in [0.2, 0.25) is 12.2 Å². The zero-order valence-corrected chi connectivity index (χ0v) is 8.24. The number of hydrogen-bond acceptors (Lipinski definition) is 7. The number of hydrogen-bond donors (Lipinski definition) is 0. The van der Waals surface area contributed by atoms with E-state index in [9.17, 15) is 13.8 Å². The third kappa shape index (κ3) is 2.08. The summed E-state index contributed by atoms with van der Waals surface area (Å²) >= 11 is -2.13. The molecule has 0 radical (unpaired) electrons. The fraction of sp³-hybridized carbons (Fsp3) is 0.667. The molecule has 7 nitrogen and oxygen atoms in total. The molecule has 0 spiro atoms. The highest BCUT2D eigenvalue weighted by Gasteiger charge is 2.46. The summed E-state index contributed by atoms with van der Waals surface area (Å²) in [7, 11) is 2.22. The maximum absolute atomic E-state index is 11.0. The van der Waals surface area contributed by atoms with E-state index in [1.54, 1.807) is 0 Å². The average Bonchev–Trinajstić information content (AvgIpc) is 2.58. The Bertz CT molecular complexity index is 249. The van der Waals surface area contributed by atoms with Gasteiger partial charge in [0.05, 0.1) is 14.2 Å². The van der Waals surface area contributed by atoms with E-state index in [0.29, 0.717) is 0 Å². The van der Waals surface area contributed by atoms with Crippen molar-refractivity contribution in [1.29, 1.82) is 0 Å². The third-order valence-corrected chi connectivity index (χ3v) is 2.24. The van der Waals surface area contributed by atoms with Crippen molar-refractivity contribution in [3.63, 3.8) is 0 Å². The first-order valence-electron chi connectivity index (χ1n) is 3.52. The zero-order chi connectivity index (χ0) is 10.7. The molecule has 0 amide bonds. The topological polar surface area (TPSA) is 88.1 Å². The van der Waals surface area contributed by atoms with Crippen LogP contribution in [0.1, 0.15) is 0 Å². The van der Waals surface area contributed by atoms with E-state index in [1.807, 2.05) is 0 Å². The van der Waals surface area contributed by atoms with Crippen molar-refractivity contribution in [2.24, 2.45) is 0 Å². The molecule has 1 saturated heterocycles. The van der Waals surface area contributed by atoms with Crippen molar-refractivity contribution in [2.45, 2.75) is 12.2 Å². The minimum Gasteiger partial charge on any atom is -0.467 e. The van der Waals surface area contributed by atoms with E-state index in [0.717, 1.165) is 14.2 Å². The molecule has 2 unspecified atom stereocenters. The number of carbonyl (C=O) groups is 2. The van der Waals surface area contributed by atoms with Crippen LogP contribution in [0.5, 0.6) is 0 Å². The number of carbonyl (C=O) groups excluding carboxylic acids is 2. The smallest absolute Gasteiger partial charge is 0.340 e. The summed E-state index contributed by atoms with van der Waals surface area (Å²) in [4.78, 5) is 22.0. The van der Waals surface area contributed by atoms with Crippen LogP contribution in [0.3, 0.4) is 0 Å². The Morgan fingerprint density at radius 2 is 1.43 bits per heavy atom. The van der Waals surface area contributed by atoms with Crippen LogP contribution in [0.15, 0.2) is 0 Å². The first-order chi connectivity index (χ1) is 6.60. The van der Waals surface area contributed by atoms with E-state index >= 15 is 0 Å². The van der Waals surface area contributed by atoms with E-state index in [-0.39, 0.29) is 0 Å². The molecule has 1 rings (SSSR count). The van der Waals surface area contributed by atoms with Crippen LogP contribution in [-0.2, 0) is 38.8 Å². The minimum atomic E-state index is -2.13. The Hall–Kier alpha value is -0.990. The lowest BCUT2D eigenvalue weighted by Gasteiger charge is -2.09. The van der Waals surface area contributed by atoms with Gasteiger partial charge in [-0.1, -0.05) is 0 Å². The molecule has 14 heavy (non-hydrogen) atoms. The van der Waals surface area contributed by atoms with Crippen molar-refractivity contribution < 1.29 is 31.6 Å². The zero-order valence-electron chi connectivity index (χ0n) is 7.42. The van der Waals surface area contributed by atoms with Gasteiger partial charge in [-0.3, -0.25) is 0 Å². The molecule has 0 aromatic heterocycles. The normalized spacial score (nSPS) is 31.1. The Labute approximate surface area is 82.1 Å². The molecule has 2 atom stereocenters. The standard InChI is InChI=1S/C6H8O7S/c1-10-5(7)3-4(6(8)11-2)13-14(9)12-3/h3-4H,1-2H3. The molecule has 80 valence electrons. The molecule has 0 aromatic carbocycles. The molecule has 0 aromatic rings. The molecule has 0 aliphatic carbocycles. The Kier molecular flexibility index (Phi) is 3.55. The Balaban J connectivity index is 2.77. The van der Waals surface area contributed by atoms with Gasteiger partial charge >= 0.3 is 23.3 Å². The summed E-state index contributed by atoms with van der Waals surface area (Å²) in [6, 6.07) is 0. The lowest BCUT2D eigenvalue weighted by molar-refractivity contribution is -0.160. The van der Waals surface area contributed by atoms with Crippen LogP contribution >= 0.6 is 0 Å². The quantitative estimate of drug-likeness (QED) is 0.538. The van der Waals surface area contributed by atoms with Crippen molar-refractivity contribution in [3.05, 3.63) is 0 Å². The van der Waals surface area contributed by atoms with Crippen molar-refractivity contribution in [1.82, 2.24) is 0 Å². The molecule has 0 N–H and O–H groups in total. The number of esters is 2. The van der Waals surface area contributed by atoms with Crippen molar-refractivity contribution >= 4 is 23.3 Å². The van der Waals surface area contributed by atoms with Crippen LogP contribution in [0.4, 0.5) is 0 Å². The molecule has 1 fully saturated rings. The Morgan fingerprint density at radius 3 is 1.71 bits per heavy atom. The van der Waals surface area contributed by atoms with Crippen molar-refractivity contribution in [2.75, 3.05) is 14.2 Å². The highest BCUT2D eigenvalue weighted by atomic mass is 32.2. The van der Waals surface area contributed by atoms with E-state index in [2.05, 4.69) is 17.8 Å². The fourth-order valence-electron chi connectivity index (χ4n) is 0.851. The SMILES string of the molecule is COC(=O)C1OS(=O)OC1C(=O)OC. The van der Waals surface area contributed by atoms with Gasteiger partial charge in [-0.15, -0.1) is 0 Å². The molecule has 0 bridgehead atoms. The van der Waals surface area contributed by atoms with Gasteiger partial charge in [-0.25, -0.2) is 18.0 Å². The monoisotopic (exact) mass is 224 g/mol. The largest absolute Gasteiger partial charge is 0.467 e. The van der Waals surface area contributed by atoms with Crippen LogP contribution in [-0.4, -0.2) is 42.6 Å². The second-order valence-electron chi connectivity index (χ2n) is 2.28. The van der Waals surface area contributed by atoms with Gasteiger partial charge in [-0.05, 0) is 0 Å². The second-order valence-corrected chi connectivity index (χ2v) is 3.08. The van der Waals surface area contributed by atoms with Gasteiger partial charge in [-0.2, -0.15) is 4.21 Å². The lowest BCUT2D eigenvalue weighted by atomic mass is 10.2. The molecular formula is C6H8O7S. The minimum absolute atomic E-state index is 0.841. The first kappa shape index (κ1) is 11.1. The van der Waals surface area contributed by atoms with E-state index in [1.165, 1.54) is 0 Å². The summed E-state index contributed by atoms with van der Waals surface area (Å²) in [6.45, 7) is 0. The lowest BCUT2D eigenvalue weighted by Crippen LogP contribution is -2.38. The highest BCUT2D eigenvalue weighted by Crippen LogP contribution is 2.19. The molecule has 1 heterocycles. The van der Waals surface area contributed by atoms with Gasteiger partial charge in [0.1, 0.15) is 0 Å². The van der Waals surface area contributed by atoms with Crippen LogP contribution in [0.25, 0.3) is 0 Å². The summed E-state index contributed by atoms with van der Waals surface area (Å²) in [6.07, 6.45) is -2.68. The summed E-state index contributed by atoms with van der Waals surface area (Å²) in [5, 5.41) is 0. The number of ether oxygens (including phenoxy) is 2. The maximum atomic E-state index is 11.0. The van der Waals surface area contributed by atoms with Crippen molar-refractivity contribution in [3.8, 4) is 0 Å². The van der Waals surface area contributed by atoms with E-state index in [4.69, 9.17) is 0 Å². The fourth-order valence-corrected chi connectivity index (χ4v) is 1.59. The van der Waals surface area contributed by atoms with Crippen LogP contribution in [0.2, 0.25) is 0 Å². The molecule has 1 aliphatic heterocycles. The number of methoxy groups -OCH3 is 2. The van der Waals surface area contributed by atoms with Crippen LogP contribution < -0.4 is 0 Å². The highest BCUT2D eigenvalue weighted by molar-refractivity contribution is 7.75. The van der Waals surface area contributed by atoms with Gasteiger partial charge < -0.3 is 9.47 Å². The predicted octanol–water partition coefficient (Wildman–Crippen LogP) is -1.30. The van der Waals surface area contributed by atoms with Gasteiger partial charge in [0, 0.05) is 0 Å². The summed E-state index contributed by atoms with van der Waals surface area (Å²) in [5.41, 5.74) is 0. The summed E-state index contributed by atoms with van der Waals surface area (Å²) in [5.74, 6) is -1.68. The second kappa shape index (κ2) is 4.49. The van der Waals surface area contributed by atoms with E-state index < -0.39 is 35.5 Å². The molecular weight excluding hydrogens is 216 g/mol. The number of rotatable bonds is 2. The van der Waals surface area contributed by atoms with Gasteiger partial charge in [0.25, 0.3) is 0 Å². The van der Waals surface area contributed by atoms with Crippen LogP contribution in [0, 0.1) is 0 Å².